The highest BCUT2D eigenvalue weighted by Crippen LogP contribution is 2.49. The van der Waals surface area contributed by atoms with Gasteiger partial charge in [-0.25, -0.2) is 9.37 Å². The molecule has 2 aromatic carbocycles. The minimum atomic E-state index is -0.909. The van der Waals surface area contributed by atoms with Gasteiger partial charge in [0.15, 0.2) is 5.82 Å². The van der Waals surface area contributed by atoms with Crippen LogP contribution in [0.15, 0.2) is 54.6 Å². The van der Waals surface area contributed by atoms with Crippen molar-refractivity contribution in [2.75, 3.05) is 6.61 Å². The SMILES string of the molecule is CC(C)(C)C(=O)OCCCc1nc(C2(c3ccc(Cl)cc3)CC(F)C2)nnc1-c1ccccc1. The number of hydrogen-bond acceptors (Lipinski definition) is 5. The number of alkyl halides is 1. The summed E-state index contributed by atoms with van der Waals surface area (Å²) in [6.45, 7) is 5.78. The molecule has 0 aliphatic heterocycles. The summed E-state index contributed by atoms with van der Waals surface area (Å²) in [5, 5.41) is 9.66. The Hall–Kier alpha value is -2.86. The summed E-state index contributed by atoms with van der Waals surface area (Å²) in [6.07, 6.45) is 0.862. The first-order valence-electron chi connectivity index (χ1n) is 11.6. The highest BCUT2D eigenvalue weighted by Gasteiger charge is 2.50. The van der Waals surface area contributed by atoms with Crippen LogP contribution in [0.1, 0.15) is 57.1 Å². The molecule has 34 heavy (non-hydrogen) atoms. The molecule has 1 saturated carbocycles. The maximum absolute atomic E-state index is 14.2. The van der Waals surface area contributed by atoms with Crippen LogP contribution in [0.3, 0.4) is 0 Å². The number of carbonyl (C=O) groups is 1. The van der Waals surface area contributed by atoms with Crippen LogP contribution in [-0.4, -0.2) is 33.9 Å². The molecule has 1 aliphatic carbocycles. The molecule has 0 spiro atoms. The van der Waals surface area contributed by atoms with E-state index in [1.54, 1.807) is 12.1 Å². The van der Waals surface area contributed by atoms with Gasteiger partial charge in [-0.3, -0.25) is 4.79 Å². The number of ether oxygens (including phenoxy) is 1. The first-order valence-corrected chi connectivity index (χ1v) is 11.9. The molecule has 4 rings (SSSR count). The molecule has 1 heterocycles. The van der Waals surface area contributed by atoms with Gasteiger partial charge < -0.3 is 4.74 Å². The van der Waals surface area contributed by atoms with Crippen molar-refractivity contribution in [3.05, 3.63) is 76.7 Å². The first-order chi connectivity index (χ1) is 16.2. The van der Waals surface area contributed by atoms with Gasteiger partial charge in [0.05, 0.1) is 23.1 Å². The Labute approximate surface area is 204 Å². The van der Waals surface area contributed by atoms with E-state index in [9.17, 15) is 9.18 Å². The smallest absolute Gasteiger partial charge is 0.311 e. The summed E-state index contributed by atoms with van der Waals surface area (Å²) in [6, 6.07) is 17.2. The number of aromatic nitrogens is 3. The van der Waals surface area contributed by atoms with Crippen molar-refractivity contribution >= 4 is 17.6 Å². The maximum atomic E-state index is 14.2. The first kappa shape index (κ1) is 24.3. The number of nitrogens with zero attached hydrogens (tertiary/aromatic N) is 3. The van der Waals surface area contributed by atoms with Crippen molar-refractivity contribution in [2.45, 2.75) is 58.0 Å². The van der Waals surface area contributed by atoms with E-state index in [1.165, 1.54) is 0 Å². The second kappa shape index (κ2) is 9.79. The zero-order chi connectivity index (χ0) is 24.3. The average molecular weight is 482 g/mol. The third-order valence-electron chi connectivity index (χ3n) is 6.17. The van der Waals surface area contributed by atoms with E-state index < -0.39 is 17.0 Å². The predicted molar refractivity (Wildman–Crippen MR) is 130 cm³/mol. The molecule has 0 radical (unpaired) electrons. The van der Waals surface area contributed by atoms with Crippen LogP contribution in [0, 0.1) is 5.41 Å². The van der Waals surface area contributed by atoms with Gasteiger partial charge >= 0.3 is 5.97 Å². The van der Waals surface area contributed by atoms with Crippen molar-refractivity contribution in [1.29, 1.82) is 0 Å². The molecule has 3 aromatic rings. The van der Waals surface area contributed by atoms with Gasteiger partial charge in [0.1, 0.15) is 11.9 Å². The molecule has 178 valence electrons. The molecular formula is C27H29ClFN3O2. The Morgan fingerprint density at radius 1 is 1.09 bits per heavy atom. The van der Waals surface area contributed by atoms with Crippen LogP contribution in [-0.2, 0) is 21.4 Å². The Morgan fingerprint density at radius 2 is 1.76 bits per heavy atom. The third kappa shape index (κ3) is 5.12. The number of halogens is 2. The molecule has 0 saturated heterocycles. The lowest BCUT2D eigenvalue weighted by Gasteiger charge is -2.43. The molecule has 0 bridgehead atoms. The largest absolute Gasteiger partial charge is 0.465 e. The van der Waals surface area contributed by atoms with E-state index in [0.717, 1.165) is 16.8 Å². The number of esters is 1. The quantitative estimate of drug-likeness (QED) is 0.300. The number of carbonyl (C=O) groups excluding carboxylic acids is 1. The molecule has 5 nitrogen and oxygen atoms in total. The van der Waals surface area contributed by atoms with Crippen molar-refractivity contribution in [3.63, 3.8) is 0 Å². The average Bonchev–Trinajstić information content (AvgIpc) is 2.80. The maximum Gasteiger partial charge on any atom is 0.311 e. The zero-order valence-corrected chi connectivity index (χ0v) is 20.5. The molecule has 1 aromatic heterocycles. The molecule has 0 unspecified atom stereocenters. The molecule has 0 atom stereocenters. The van der Waals surface area contributed by atoms with Crippen LogP contribution in [0.5, 0.6) is 0 Å². The molecule has 0 N–H and O–H groups in total. The van der Waals surface area contributed by atoms with Crippen molar-refractivity contribution in [3.8, 4) is 11.3 Å². The van der Waals surface area contributed by atoms with Crippen LogP contribution in [0.4, 0.5) is 4.39 Å². The van der Waals surface area contributed by atoms with E-state index in [1.807, 2.05) is 63.2 Å². The minimum Gasteiger partial charge on any atom is -0.465 e. The fourth-order valence-corrected chi connectivity index (χ4v) is 4.32. The van der Waals surface area contributed by atoms with Crippen LogP contribution in [0.2, 0.25) is 5.02 Å². The second-order valence-corrected chi connectivity index (χ2v) is 10.3. The predicted octanol–water partition coefficient (Wildman–Crippen LogP) is 6.13. The number of hydrogen-bond donors (Lipinski definition) is 0. The Balaban J connectivity index is 1.64. The molecule has 7 heteroatoms. The van der Waals surface area contributed by atoms with E-state index in [0.29, 0.717) is 48.8 Å². The summed E-state index contributed by atoms with van der Waals surface area (Å²) >= 11 is 6.08. The monoisotopic (exact) mass is 481 g/mol. The summed E-state index contributed by atoms with van der Waals surface area (Å²) < 4.78 is 19.6. The highest BCUT2D eigenvalue weighted by atomic mass is 35.5. The van der Waals surface area contributed by atoms with E-state index in [4.69, 9.17) is 21.3 Å². The van der Waals surface area contributed by atoms with Gasteiger partial charge in [-0.2, -0.15) is 0 Å². The summed E-state index contributed by atoms with van der Waals surface area (Å²) in [5.74, 6) is 0.285. The number of rotatable bonds is 7. The third-order valence-corrected chi connectivity index (χ3v) is 6.43. The zero-order valence-electron chi connectivity index (χ0n) is 19.7. The van der Waals surface area contributed by atoms with Crippen molar-refractivity contribution in [1.82, 2.24) is 15.2 Å². The van der Waals surface area contributed by atoms with Gasteiger partial charge in [0, 0.05) is 10.6 Å². The van der Waals surface area contributed by atoms with Crippen LogP contribution >= 0.6 is 11.6 Å². The van der Waals surface area contributed by atoms with Crippen LogP contribution < -0.4 is 0 Å². The molecular weight excluding hydrogens is 453 g/mol. The molecule has 1 fully saturated rings. The standard InChI is InChI=1S/C27H29ClFN3O2/c1-26(2,3)25(33)34-15-7-10-22-23(18-8-5-4-6-9-18)31-32-24(30-22)27(16-21(29)17-27)19-11-13-20(28)14-12-19/h4-6,8-9,11-14,21H,7,10,15-17H2,1-3H3. The van der Waals surface area contributed by atoms with Crippen LogP contribution in [0.25, 0.3) is 11.3 Å². The van der Waals surface area contributed by atoms with Gasteiger partial charge in [0.2, 0.25) is 0 Å². The highest BCUT2D eigenvalue weighted by molar-refractivity contribution is 6.30. The van der Waals surface area contributed by atoms with Gasteiger partial charge in [-0.1, -0.05) is 54.1 Å². The van der Waals surface area contributed by atoms with Crippen molar-refractivity contribution in [2.24, 2.45) is 5.41 Å². The molecule has 1 aliphatic rings. The van der Waals surface area contributed by atoms with Crippen molar-refractivity contribution < 1.29 is 13.9 Å². The minimum absolute atomic E-state index is 0.234. The number of benzene rings is 2. The van der Waals surface area contributed by atoms with Gasteiger partial charge in [0.25, 0.3) is 0 Å². The Morgan fingerprint density at radius 3 is 2.38 bits per heavy atom. The Bertz CT molecular complexity index is 1140. The summed E-state index contributed by atoms with van der Waals surface area (Å²) in [7, 11) is 0. The lowest BCUT2D eigenvalue weighted by molar-refractivity contribution is -0.153. The lowest BCUT2D eigenvalue weighted by atomic mass is 9.62. The fourth-order valence-electron chi connectivity index (χ4n) is 4.19. The number of aryl methyl sites for hydroxylation is 1. The topological polar surface area (TPSA) is 65.0 Å². The second-order valence-electron chi connectivity index (χ2n) is 9.88. The Kier molecular flexibility index (Phi) is 6.99. The van der Waals surface area contributed by atoms with E-state index >= 15 is 0 Å². The lowest BCUT2D eigenvalue weighted by Crippen LogP contribution is -2.45. The van der Waals surface area contributed by atoms with E-state index in [2.05, 4.69) is 10.2 Å². The normalized spacial score (nSPS) is 20.0. The van der Waals surface area contributed by atoms with Gasteiger partial charge in [-0.05, 0) is 64.2 Å². The molecule has 0 amide bonds. The van der Waals surface area contributed by atoms with E-state index in [-0.39, 0.29) is 5.97 Å². The summed E-state index contributed by atoms with van der Waals surface area (Å²) in [4.78, 5) is 17.0. The fraction of sp³-hybridized carbons (Fsp3) is 0.407. The van der Waals surface area contributed by atoms with Gasteiger partial charge in [-0.15, -0.1) is 10.2 Å². The summed E-state index contributed by atoms with van der Waals surface area (Å²) in [5.41, 5.74) is 2.13.